The Balaban J connectivity index is 1.58. The Bertz CT molecular complexity index is 1040. The monoisotopic (exact) mass is 372 g/mol. The number of amides is 1. The second kappa shape index (κ2) is 7.12. The van der Waals surface area contributed by atoms with Crippen LogP contribution in [0.25, 0.3) is 0 Å². The second-order valence-electron chi connectivity index (χ2n) is 7.59. The summed E-state index contributed by atoms with van der Waals surface area (Å²) in [6, 6.07) is 17.2. The smallest absolute Gasteiger partial charge is 0.233 e. The SMILES string of the molecule is Cc1cc(C)c(NC(=O)C2CCn3c(C(=O)c4ccccc4)ccc32)c(C)c1. The number of benzene rings is 2. The third-order valence-corrected chi connectivity index (χ3v) is 5.52. The summed E-state index contributed by atoms with van der Waals surface area (Å²) in [4.78, 5) is 25.8. The van der Waals surface area contributed by atoms with Crippen molar-refractivity contribution in [1.29, 1.82) is 0 Å². The van der Waals surface area contributed by atoms with Gasteiger partial charge in [-0.1, -0.05) is 48.0 Å². The van der Waals surface area contributed by atoms with Gasteiger partial charge >= 0.3 is 0 Å². The number of anilines is 1. The van der Waals surface area contributed by atoms with Crippen LogP contribution in [0.15, 0.2) is 54.6 Å². The molecule has 1 aliphatic rings. The number of aromatic nitrogens is 1. The Morgan fingerprint density at radius 3 is 2.32 bits per heavy atom. The molecule has 1 N–H and O–H groups in total. The summed E-state index contributed by atoms with van der Waals surface area (Å²) < 4.78 is 1.99. The molecule has 1 aliphatic heterocycles. The minimum absolute atomic E-state index is 0.00173. The maximum absolute atomic E-state index is 13.0. The Hall–Kier alpha value is -3.14. The van der Waals surface area contributed by atoms with E-state index in [1.165, 1.54) is 5.56 Å². The number of hydrogen-bond donors (Lipinski definition) is 1. The van der Waals surface area contributed by atoms with E-state index >= 15 is 0 Å². The van der Waals surface area contributed by atoms with Crippen LogP contribution in [0.1, 0.15) is 50.8 Å². The van der Waals surface area contributed by atoms with Crippen molar-refractivity contribution in [2.45, 2.75) is 39.7 Å². The highest BCUT2D eigenvalue weighted by molar-refractivity contribution is 6.08. The molecule has 3 aromatic rings. The summed E-state index contributed by atoms with van der Waals surface area (Å²) in [5.41, 5.74) is 6.45. The number of nitrogens with one attached hydrogen (secondary N) is 1. The number of ketones is 1. The van der Waals surface area contributed by atoms with Gasteiger partial charge in [-0.2, -0.15) is 0 Å². The number of nitrogens with zero attached hydrogens (tertiary/aromatic N) is 1. The first-order valence-corrected chi connectivity index (χ1v) is 9.63. The maximum Gasteiger partial charge on any atom is 0.233 e. The molecule has 1 atom stereocenters. The molecule has 0 spiro atoms. The van der Waals surface area contributed by atoms with Gasteiger partial charge in [-0.25, -0.2) is 0 Å². The zero-order valence-corrected chi connectivity index (χ0v) is 16.5. The standard InChI is InChI=1S/C24H24N2O2/c1-15-13-16(2)22(17(3)14-15)25-24(28)19-11-12-26-20(19)9-10-21(26)23(27)18-7-5-4-6-8-18/h4-10,13-14,19H,11-12H2,1-3H3,(H,25,28). The third-order valence-electron chi connectivity index (χ3n) is 5.52. The number of hydrogen-bond acceptors (Lipinski definition) is 2. The molecule has 0 saturated heterocycles. The topological polar surface area (TPSA) is 51.1 Å². The summed E-state index contributed by atoms with van der Waals surface area (Å²) in [5.74, 6) is -0.249. The van der Waals surface area contributed by atoms with E-state index in [-0.39, 0.29) is 17.6 Å². The molecule has 1 amide bonds. The Kier molecular flexibility index (Phi) is 4.63. The highest BCUT2D eigenvalue weighted by atomic mass is 16.2. The van der Waals surface area contributed by atoms with Crippen LogP contribution >= 0.6 is 0 Å². The lowest BCUT2D eigenvalue weighted by Crippen LogP contribution is -2.20. The molecule has 2 heterocycles. The summed E-state index contributed by atoms with van der Waals surface area (Å²) in [7, 11) is 0. The number of rotatable bonds is 4. The van der Waals surface area contributed by atoms with Crippen molar-refractivity contribution in [2.75, 3.05) is 5.32 Å². The average Bonchev–Trinajstić information content (AvgIpc) is 3.26. The van der Waals surface area contributed by atoms with Crippen molar-refractivity contribution >= 4 is 17.4 Å². The van der Waals surface area contributed by atoms with Crippen LogP contribution in [-0.4, -0.2) is 16.3 Å². The summed E-state index contributed by atoms with van der Waals surface area (Å²) in [5, 5.41) is 3.12. The third kappa shape index (κ3) is 3.15. The molecule has 4 nitrogen and oxygen atoms in total. The summed E-state index contributed by atoms with van der Waals surface area (Å²) >= 11 is 0. The largest absolute Gasteiger partial charge is 0.341 e. The first-order valence-electron chi connectivity index (χ1n) is 9.63. The molecule has 0 aliphatic carbocycles. The van der Waals surface area contributed by atoms with E-state index in [9.17, 15) is 9.59 Å². The lowest BCUT2D eigenvalue weighted by molar-refractivity contribution is -0.117. The van der Waals surface area contributed by atoms with E-state index in [2.05, 4.69) is 24.4 Å². The maximum atomic E-state index is 13.0. The van der Waals surface area contributed by atoms with Crippen LogP contribution in [-0.2, 0) is 11.3 Å². The van der Waals surface area contributed by atoms with Gasteiger partial charge in [-0.3, -0.25) is 9.59 Å². The Morgan fingerprint density at radius 1 is 0.964 bits per heavy atom. The molecule has 0 radical (unpaired) electrons. The Morgan fingerprint density at radius 2 is 1.64 bits per heavy atom. The highest BCUT2D eigenvalue weighted by Crippen LogP contribution is 2.33. The predicted octanol–water partition coefficient (Wildman–Crippen LogP) is 4.77. The number of aryl methyl sites for hydroxylation is 3. The Labute approximate surface area is 165 Å². The molecule has 4 heteroatoms. The van der Waals surface area contributed by atoms with Gasteiger partial charge in [0, 0.05) is 23.5 Å². The van der Waals surface area contributed by atoms with E-state index in [1.54, 1.807) is 0 Å². The van der Waals surface area contributed by atoms with Gasteiger partial charge in [-0.15, -0.1) is 0 Å². The highest BCUT2D eigenvalue weighted by Gasteiger charge is 2.32. The van der Waals surface area contributed by atoms with Crippen molar-refractivity contribution < 1.29 is 9.59 Å². The minimum atomic E-state index is -0.238. The predicted molar refractivity (Wildman–Crippen MR) is 111 cm³/mol. The van der Waals surface area contributed by atoms with Crippen LogP contribution < -0.4 is 5.32 Å². The van der Waals surface area contributed by atoms with Gasteiger partial charge in [0.2, 0.25) is 11.7 Å². The van der Waals surface area contributed by atoms with Crippen molar-refractivity contribution in [3.05, 3.63) is 88.2 Å². The van der Waals surface area contributed by atoms with Gasteiger partial charge in [-0.05, 0) is 50.5 Å². The molecule has 1 aromatic heterocycles. The summed E-state index contributed by atoms with van der Waals surface area (Å²) in [6.07, 6.45) is 0.709. The first-order chi connectivity index (χ1) is 13.5. The van der Waals surface area contributed by atoms with Gasteiger partial charge in [0.1, 0.15) is 0 Å². The van der Waals surface area contributed by atoms with Crippen LogP contribution in [0.2, 0.25) is 0 Å². The minimum Gasteiger partial charge on any atom is -0.341 e. The number of fused-ring (bicyclic) bond motifs is 1. The van der Waals surface area contributed by atoms with Gasteiger partial charge in [0.15, 0.2) is 0 Å². The first kappa shape index (κ1) is 18.2. The molecule has 0 fully saturated rings. The van der Waals surface area contributed by atoms with E-state index in [0.717, 1.165) is 22.5 Å². The molecule has 2 aromatic carbocycles. The van der Waals surface area contributed by atoms with E-state index in [4.69, 9.17) is 0 Å². The molecule has 28 heavy (non-hydrogen) atoms. The molecular weight excluding hydrogens is 348 g/mol. The van der Waals surface area contributed by atoms with Crippen molar-refractivity contribution in [3.8, 4) is 0 Å². The van der Waals surface area contributed by atoms with Gasteiger partial charge in [0.05, 0.1) is 11.6 Å². The zero-order chi connectivity index (χ0) is 19.8. The molecule has 142 valence electrons. The van der Waals surface area contributed by atoms with E-state index in [0.29, 0.717) is 24.2 Å². The van der Waals surface area contributed by atoms with Crippen LogP contribution in [0, 0.1) is 20.8 Å². The van der Waals surface area contributed by atoms with Crippen molar-refractivity contribution in [1.82, 2.24) is 4.57 Å². The van der Waals surface area contributed by atoms with Crippen molar-refractivity contribution in [3.63, 3.8) is 0 Å². The molecule has 4 rings (SSSR count). The lowest BCUT2D eigenvalue weighted by atomic mass is 10.0. The normalized spacial score (nSPS) is 15.3. The molecule has 0 saturated carbocycles. The second-order valence-corrected chi connectivity index (χ2v) is 7.59. The molecule has 0 bridgehead atoms. The number of carbonyl (C=O) groups is 2. The van der Waals surface area contributed by atoms with Crippen molar-refractivity contribution in [2.24, 2.45) is 0 Å². The average molecular weight is 372 g/mol. The fourth-order valence-electron chi connectivity index (χ4n) is 4.23. The van der Waals surface area contributed by atoms with E-state index in [1.807, 2.05) is 60.9 Å². The van der Waals surface area contributed by atoms with Gasteiger partial charge in [0.25, 0.3) is 0 Å². The zero-order valence-electron chi connectivity index (χ0n) is 16.5. The van der Waals surface area contributed by atoms with E-state index < -0.39 is 0 Å². The lowest BCUT2D eigenvalue weighted by Gasteiger charge is -2.15. The van der Waals surface area contributed by atoms with Crippen LogP contribution in [0.4, 0.5) is 5.69 Å². The molecule has 1 unspecified atom stereocenters. The fourth-order valence-corrected chi connectivity index (χ4v) is 4.23. The summed E-state index contributed by atoms with van der Waals surface area (Å²) in [6.45, 7) is 6.77. The molecular formula is C24H24N2O2. The number of carbonyl (C=O) groups excluding carboxylic acids is 2. The van der Waals surface area contributed by atoms with Crippen LogP contribution in [0.3, 0.4) is 0 Å². The fraction of sp³-hybridized carbons (Fsp3) is 0.250. The quantitative estimate of drug-likeness (QED) is 0.671. The van der Waals surface area contributed by atoms with Gasteiger partial charge < -0.3 is 9.88 Å². The van der Waals surface area contributed by atoms with Crippen LogP contribution in [0.5, 0.6) is 0 Å².